The van der Waals surface area contributed by atoms with E-state index in [9.17, 15) is 18.8 Å². The number of methoxy groups -OCH3 is 1. The second kappa shape index (κ2) is 8.20. The molecule has 0 saturated carbocycles. The summed E-state index contributed by atoms with van der Waals surface area (Å²) in [5.74, 6) is -0.559. The van der Waals surface area contributed by atoms with Gasteiger partial charge >= 0.3 is 6.61 Å². The molecule has 0 radical (unpaired) electrons. The number of carbonyl (C=O) groups excluding carboxylic acids is 1. The van der Waals surface area contributed by atoms with Crippen molar-refractivity contribution in [2.45, 2.75) is 25.9 Å². The van der Waals surface area contributed by atoms with Crippen LogP contribution in [0.2, 0.25) is 0 Å². The number of hydrogen-bond acceptors (Lipinski definition) is 6. The molecule has 3 aromatic rings. The number of carbonyl (C=O) groups is 1. The third-order valence-corrected chi connectivity index (χ3v) is 6.68. The van der Waals surface area contributed by atoms with E-state index < -0.39 is 17.9 Å². The summed E-state index contributed by atoms with van der Waals surface area (Å²) in [6.45, 7) is 2.69. The van der Waals surface area contributed by atoms with E-state index in [4.69, 9.17) is 14.2 Å². The van der Waals surface area contributed by atoms with E-state index in [1.54, 1.807) is 27.8 Å². The van der Waals surface area contributed by atoms with Crippen molar-refractivity contribution in [3.05, 3.63) is 47.8 Å². The number of ether oxygens (including phenoxy) is 3. The quantitative estimate of drug-likeness (QED) is 0.530. The van der Waals surface area contributed by atoms with Crippen LogP contribution in [-0.2, 0) is 10.2 Å². The van der Waals surface area contributed by atoms with Crippen LogP contribution in [-0.4, -0.2) is 60.2 Å². The maximum atomic E-state index is 13.4. The van der Waals surface area contributed by atoms with E-state index in [1.807, 2.05) is 26.0 Å². The molecular weight excluding hydrogens is 458 g/mol. The fourth-order valence-electron chi connectivity index (χ4n) is 4.58. The lowest BCUT2D eigenvalue weighted by atomic mass is 9.77. The van der Waals surface area contributed by atoms with Gasteiger partial charge in [0.2, 0.25) is 0 Å². The highest BCUT2D eigenvalue weighted by atomic mass is 19.3. The van der Waals surface area contributed by atoms with Gasteiger partial charge in [0, 0.05) is 24.8 Å². The minimum absolute atomic E-state index is 0.0257. The Balaban J connectivity index is 1.56. The van der Waals surface area contributed by atoms with Gasteiger partial charge in [-0.3, -0.25) is 9.20 Å². The minimum atomic E-state index is -3.12. The smallest absolute Gasteiger partial charge is 0.387 e. The fraction of sp³-hybridized carbons (Fsp3) is 0.400. The third kappa shape index (κ3) is 3.86. The second-order valence-electron chi connectivity index (χ2n) is 9.61. The first-order valence-electron chi connectivity index (χ1n) is 11.1. The zero-order valence-electron chi connectivity index (χ0n) is 19.5. The van der Waals surface area contributed by atoms with E-state index in [1.165, 1.54) is 13.2 Å². The van der Waals surface area contributed by atoms with Gasteiger partial charge in [-0.05, 0) is 43.7 Å². The van der Waals surface area contributed by atoms with Crippen LogP contribution < -0.4 is 9.47 Å². The number of imidazole rings is 1. The molecule has 10 heteroatoms. The number of halogens is 2. The van der Waals surface area contributed by atoms with Crippen LogP contribution >= 0.6 is 0 Å². The molecule has 5 rings (SSSR count). The van der Waals surface area contributed by atoms with Crippen molar-refractivity contribution >= 4 is 11.6 Å². The molecule has 0 unspecified atom stereocenters. The van der Waals surface area contributed by atoms with E-state index >= 15 is 0 Å². The summed E-state index contributed by atoms with van der Waals surface area (Å²) in [7, 11) is 1.38. The number of benzene rings is 1. The number of nitriles is 1. The molecule has 182 valence electrons. The van der Waals surface area contributed by atoms with E-state index in [0.717, 1.165) is 5.56 Å². The molecule has 2 aliphatic heterocycles. The molecule has 0 aliphatic carbocycles. The van der Waals surface area contributed by atoms with Crippen LogP contribution in [0.15, 0.2) is 36.7 Å². The zero-order valence-corrected chi connectivity index (χ0v) is 19.5. The monoisotopic (exact) mass is 482 g/mol. The molecule has 4 heterocycles. The van der Waals surface area contributed by atoms with Gasteiger partial charge in [0.1, 0.15) is 22.7 Å². The third-order valence-electron chi connectivity index (χ3n) is 6.68. The molecule has 0 atom stereocenters. The average molecular weight is 482 g/mol. The lowest BCUT2D eigenvalue weighted by Crippen LogP contribution is -2.67. The number of hydrogen-bond donors (Lipinski definition) is 0. The van der Waals surface area contributed by atoms with E-state index in [-0.39, 0.29) is 22.5 Å². The SMILES string of the molecule is COc1cc(-c2cnc3cc(C(C)(C)C#N)ccn23)cc(OC(F)F)c1C(=O)N1CC2(COC2)C1. The van der Waals surface area contributed by atoms with Gasteiger partial charge in [-0.25, -0.2) is 4.98 Å². The summed E-state index contributed by atoms with van der Waals surface area (Å²) in [5, 5.41) is 9.44. The Morgan fingerprint density at radius 2 is 1.97 bits per heavy atom. The zero-order chi connectivity index (χ0) is 25.0. The summed E-state index contributed by atoms with van der Waals surface area (Å²) in [5.41, 5.74) is 1.70. The highest BCUT2D eigenvalue weighted by Crippen LogP contribution is 2.42. The number of nitrogens with zero attached hydrogens (tertiary/aromatic N) is 4. The maximum Gasteiger partial charge on any atom is 0.387 e. The molecule has 1 aromatic carbocycles. The van der Waals surface area contributed by atoms with E-state index in [2.05, 4.69) is 11.1 Å². The molecule has 0 bridgehead atoms. The lowest BCUT2D eigenvalue weighted by molar-refractivity contribution is -0.176. The predicted octanol–water partition coefficient (Wildman–Crippen LogP) is 3.88. The molecule has 2 aromatic heterocycles. The first-order valence-corrected chi connectivity index (χ1v) is 11.1. The average Bonchev–Trinajstić information content (AvgIpc) is 3.19. The molecular formula is C25H24F2N4O4. The van der Waals surface area contributed by atoms with Crippen molar-refractivity contribution in [1.82, 2.24) is 14.3 Å². The Bertz CT molecular complexity index is 1350. The number of rotatable bonds is 6. The van der Waals surface area contributed by atoms with Crippen LogP contribution in [0.25, 0.3) is 16.9 Å². The number of aromatic nitrogens is 2. The van der Waals surface area contributed by atoms with Crippen molar-refractivity contribution in [3.63, 3.8) is 0 Å². The van der Waals surface area contributed by atoms with Gasteiger partial charge in [-0.15, -0.1) is 0 Å². The topological polar surface area (TPSA) is 89.1 Å². The number of fused-ring (bicyclic) bond motifs is 1. The molecule has 8 nitrogen and oxygen atoms in total. The maximum absolute atomic E-state index is 13.4. The Hall–Kier alpha value is -3.71. The molecule has 1 amide bonds. The van der Waals surface area contributed by atoms with E-state index in [0.29, 0.717) is 43.2 Å². The molecule has 2 saturated heterocycles. The highest BCUT2D eigenvalue weighted by molar-refractivity contribution is 6.01. The molecule has 2 fully saturated rings. The van der Waals surface area contributed by atoms with Gasteiger partial charge in [0.15, 0.2) is 0 Å². The number of amides is 1. The lowest BCUT2D eigenvalue weighted by Gasteiger charge is -2.54. The number of alkyl halides is 2. The van der Waals surface area contributed by atoms with Crippen molar-refractivity contribution in [3.8, 4) is 28.8 Å². The Morgan fingerprint density at radius 1 is 1.26 bits per heavy atom. The van der Waals surface area contributed by atoms with Crippen LogP contribution in [0.4, 0.5) is 8.78 Å². The summed E-state index contributed by atoms with van der Waals surface area (Å²) in [6.07, 6.45) is 3.36. The molecule has 35 heavy (non-hydrogen) atoms. The van der Waals surface area contributed by atoms with Gasteiger partial charge in [0.25, 0.3) is 5.91 Å². The van der Waals surface area contributed by atoms with Crippen molar-refractivity contribution < 1.29 is 27.8 Å². The van der Waals surface area contributed by atoms with Gasteiger partial charge in [0.05, 0.1) is 49.1 Å². The normalized spacial score (nSPS) is 16.7. The van der Waals surface area contributed by atoms with Gasteiger partial charge < -0.3 is 19.1 Å². The van der Waals surface area contributed by atoms with Crippen LogP contribution in [0, 0.1) is 16.7 Å². The first-order chi connectivity index (χ1) is 16.7. The van der Waals surface area contributed by atoms with Crippen molar-refractivity contribution in [2.24, 2.45) is 5.41 Å². The minimum Gasteiger partial charge on any atom is -0.496 e. The summed E-state index contributed by atoms with van der Waals surface area (Å²) in [6, 6.07) is 8.91. The Kier molecular flexibility index (Phi) is 5.40. The summed E-state index contributed by atoms with van der Waals surface area (Å²) < 4.78 is 44.0. The summed E-state index contributed by atoms with van der Waals surface area (Å²) >= 11 is 0. The predicted molar refractivity (Wildman–Crippen MR) is 122 cm³/mol. The standard InChI is InChI=1S/C25H24F2N4O4/c1-24(2,10-28)16-4-5-31-17(9-29-20(31)8-16)15-6-18(33-3)21(19(7-15)35-23(26)27)22(32)30-11-25(12-30)13-34-14-25/h4-9,23H,11-14H2,1-3H3. The number of likely N-dealkylation sites (tertiary alicyclic amines) is 1. The summed E-state index contributed by atoms with van der Waals surface area (Å²) in [4.78, 5) is 19.3. The van der Waals surface area contributed by atoms with Crippen LogP contribution in [0.1, 0.15) is 29.8 Å². The molecule has 2 aliphatic rings. The largest absolute Gasteiger partial charge is 0.496 e. The Morgan fingerprint density at radius 3 is 2.57 bits per heavy atom. The Labute approximate surface area is 200 Å². The van der Waals surface area contributed by atoms with Crippen LogP contribution in [0.5, 0.6) is 11.5 Å². The first kappa shape index (κ1) is 23.1. The second-order valence-corrected chi connectivity index (χ2v) is 9.61. The van der Waals surface area contributed by atoms with Gasteiger partial charge in [-0.2, -0.15) is 14.0 Å². The highest BCUT2D eigenvalue weighted by Gasteiger charge is 2.51. The van der Waals surface area contributed by atoms with Crippen molar-refractivity contribution in [1.29, 1.82) is 5.26 Å². The molecule has 1 spiro atoms. The molecule has 0 N–H and O–H groups in total. The fourth-order valence-corrected chi connectivity index (χ4v) is 4.58. The van der Waals surface area contributed by atoms with Gasteiger partial charge in [-0.1, -0.05) is 0 Å². The number of pyridine rings is 1. The van der Waals surface area contributed by atoms with Crippen LogP contribution in [0.3, 0.4) is 0 Å². The van der Waals surface area contributed by atoms with Crippen molar-refractivity contribution in [2.75, 3.05) is 33.4 Å².